The van der Waals surface area contributed by atoms with E-state index in [0.717, 1.165) is 17.7 Å². The van der Waals surface area contributed by atoms with Gasteiger partial charge in [-0.3, -0.25) is 14.6 Å². The number of ether oxygens (including phenoxy) is 1. The highest BCUT2D eigenvalue weighted by Crippen LogP contribution is 2.28. The summed E-state index contributed by atoms with van der Waals surface area (Å²) >= 11 is 0. The van der Waals surface area contributed by atoms with Gasteiger partial charge >= 0.3 is 0 Å². The van der Waals surface area contributed by atoms with E-state index in [1.807, 2.05) is 13.0 Å². The van der Waals surface area contributed by atoms with Gasteiger partial charge in [-0.1, -0.05) is 18.2 Å². The van der Waals surface area contributed by atoms with Crippen molar-refractivity contribution in [1.29, 1.82) is 0 Å². The Morgan fingerprint density at radius 1 is 1.09 bits per heavy atom. The molecule has 1 fully saturated rings. The number of nitrogens with zero attached hydrogens (tertiary/aromatic N) is 2. The van der Waals surface area contributed by atoms with Crippen LogP contribution in [0.3, 0.4) is 0 Å². The van der Waals surface area contributed by atoms with Crippen LogP contribution < -0.4 is 5.32 Å². The van der Waals surface area contributed by atoms with Crippen LogP contribution in [0, 0.1) is 18.6 Å². The standard InChI is InChI=1S/C24H21F2N3O3/c1-15-3-2-4-18(22(15)28-23(30)16-7-9-27-10-8-16)24(31)29-11-12-32-21(14-29)17-5-6-19(25)20(26)13-17/h2-10,13,21H,11-12,14H2,1H3,(H,28,30). The smallest absolute Gasteiger partial charge is 0.256 e. The van der Waals surface area contributed by atoms with Crippen molar-refractivity contribution < 1.29 is 23.1 Å². The Balaban J connectivity index is 1.57. The van der Waals surface area contributed by atoms with Gasteiger partial charge in [-0.2, -0.15) is 0 Å². The van der Waals surface area contributed by atoms with Gasteiger partial charge in [0.25, 0.3) is 11.8 Å². The fourth-order valence-corrected chi connectivity index (χ4v) is 3.62. The Kier molecular flexibility index (Phi) is 6.23. The molecule has 164 valence electrons. The number of pyridine rings is 1. The summed E-state index contributed by atoms with van der Waals surface area (Å²) in [5.41, 5.74) is 2.39. The number of rotatable bonds is 4. The number of para-hydroxylation sites is 1. The van der Waals surface area contributed by atoms with Crippen LogP contribution >= 0.6 is 0 Å². The summed E-state index contributed by atoms with van der Waals surface area (Å²) in [7, 11) is 0. The molecule has 8 heteroatoms. The summed E-state index contributed by atoms with van der Waals surface area (Å²) < 4.78 is 32.6. The average Bonchev–Trinajstić information content (AvgIpc) is 2.82. The van der Waals surface area contributed by atoms with E-state index in [1.54, 1.807) is 29.2 Å². The predicted octanol–water partition coefficient (Wildman–Crippen LogP) is 4.13. The molecule has 0 aliphatic carbocycles. The van der Waals surface area contributed by atoms with Crippen molar-refractivity contribution in [2.24, 2.45) is 0 Å². The molecule has 1 unspecified atom stereocenters. The number of benzene rings is 2. The topological polar surface area (TPSA) is 71.5 Å². The van der Waals surface area contributed by atoms with Crippen molar-refractivity contribution in [2.75, 3.05) is 25.0 Å². The fourth-order valence-electron chi connectivity index (χ4n) is 3.62. The van der Waals surface area contributed by atoms with Crippen molar-refractivity contribution in [3.8, 4) is 0 Å². The quantitative estimate of drug-likeness (QED) is 0.666. The number of hydrogen-bond donors (Lipinski definition) is 1. The number of carbonyl (C=O) groups excluding carboxylic acids is 2. The van der Waals surface area contributed by atoms with Crippen LogP contribution in [-0.4, -0.2) is 41.4 Å². The fraction of sp³-hybridized carbons (Fsp3) is 0.208. The van der Waals surface area contributed by atoms with Crippen LogP contribution in [0.25, 0.3) is 0 Å². The van der Waals surface area contributed by atoms with E-state index in [4.69, 9.17) is 4.74 Å². The molecule has 2 amide bonds. The third-order valence-corrected chi connectivity index (χ3v) is 5.35. The van der Waals surface area contributed by atoms with E-state index in [0.29, 0.717) is 28.9 Å². The summed E-state index contributed by atoms with van der Waals surface area (Å²) in [6, 6.07) is 12.0. The number of halogens is 2. The van der Waals surface area contributed by atoms with Gasteiger partial charge in [-0.15, -0.1) is 0 Å². The van der Waals surface area contributed by atoms with Gasteiger partial charge in [0.15, 0.2) is 11.6 Å². The largest absolute Gasteiger partial charge is 0.370 e. The van der Waals surface area contributed by atoms with Crippen LogP contribution in [0.15, 0.2) is 60.9 Å². The second-order valence-corrected chi connectivity index (χ2v) is 7.47. The van der Waals surface area contributed by atoms with Gasteiger partial charge in [0.05, 0.1) is 24.4 Å². The Labute approximate surface area is 183 Å². The van der Waals surface area contributed by atoms with E-state index in [9.17, 15) is 18.4 Å². The lowest BCUT2D eigenvalue weighted by molar-refractivity contribution is -0.0229. The van der Waals surface area contributed by atoms with Crippen molar-refractivity contribution >= 4 is 17.5 Å². The SMILES string of the molecule is Cc1cccc(C(=O)N2CCOC(c3ccc(F)c(F)c3)C2)c1NC(=O)c1ccncc1. The third kappa shape index (κ3) is 4.50. The summed E-state index contributed by atoms with van der Waals surface area (Å²) in [5, 5.41) is 2.83. The van der Waals surface area contributed by atoms with Crippen LogP contribution in [0.4, 0.5) is 14.5 Å². The molecular weight excluding hydrogens is 416 g/mol. The minimum atomic E-state index is -0.964. The molecule has 6 nitrogen and oxygen atoms in total. The minimum absolute atomic E-state index is 0.176. The number of carbonyl (C=O) groups is 2. The molecule has 0 bridgehead atoms. The normalized spacial score (nSPS) is 16.0. The Bertz CT molecular complexity index is 1150. The van der Waals surface area contributed by atoms with Gasteiger partial charge in [0.2, 0.25) is 0 Å². The molecular formula is C24H21F2N3O3. The molecule has 0 spiro atoms. The van der Waals surface area contributed by atoms with Gasteiger partial charge in [0, 0.05) is 24.5 Å². The molecule has 2 heterocycles. The van der Waals surface area contributed by atoms with Crippen molar-refractivity contribution in [2.45, 2.75) is 13.0 Å². The van der Waals surface area contributed by atoms with Gasteiger partial charge in [-0.25, -0.2) is 8.78 Å². The lowest BCUT2D eigenvalue weighted by atomic mass is 10.0. The minimum Gasteiger partial charge on any atom is -0.370 e. The Morgan fingerprint density at radius 2 is 1.88 bits per heavy atom. The zero-order valence-electron chi connectivity index (χ0n) is 17.3. The average molecular weight is 437 g/mol. The van der Waals surface area contributed by atoms with Crippen LogP contribution in [0.1, 0.15) is 37.9 Å². The van der Waals surface area contributed by atoms with Crippen LogP contribution in [-0.2, 0) is 4.74 Å². The molecule has 1 saturated heterocycles. The molecule has 1 aromatic heterocycles. The number of aryl methyl sites for hydroxylation is 1. The van der Waals surface area contributed by atoms with Crippen molar-refractivity contribution in [1.82, 2.24) is 9.88 Å². The number of aromatic nitrogens is 1. The molecule has 1 N–H and O–H groups in total. The first kappa shape index (κ1) is 21.6. The van der Waals surface area contributed by atoms with E-state index >= 15 is 0 Å². The number of hydrogen-bond acceptors (Lipinski definition) is 4. The van der Waals surface area contributed by atoms with E-state index < -0.39 is 17.7 Å². The zero-order valence-corrected chi connectivity index (χ0v) is 17.3. The van der Waals surface area contributed by atoms with E-state index in [-0.39, 0.29) is 25.0 Å². The van der Waals surface area contributed by atoms with E-state index in [2.05, 4.69) is 10.3 Å². The lowest BCUT2D eigenvalue weighted by Crippen LogP contribution is -2.42. The third-order valence-electron chi connectivity index (χ3n) is 5.35. The molecule has 1 atom stereocenters. The van der Waals surface area contributed by atoms with Crippen LogP contribution in [0.2, 0.25) is 0 Å². The zero-order chi connectivity index (χ0) is 22.7. The van der Waals surface area contributed by atoms with Crippen LogP contribution in [0.5, 0.6) is 0 Å². The highest BCUT2D eigenvalue weighted by Gasteiger charge is 2.28. The molecule has 4 rings (SSSR count). The molecule has 1 aliphatic heterocycles. The monoisotopic (exact) mass is 437 g/mol. The highest BCUT2D eigenvalue weighted by atomic mass is 19.2. The molecule has 0 saturated carbocycles. The molecule has 3 aromatic rings. The highest BCUT2D eigenvalue weighted by molar-refractivity contribution is 6.09. The summed E-state index contributed by atoms with van der Waals surface area (Å²) in [4.78, 5) is 31.5. The molecule has 2 aromatic carbocycles. The number of morpholine rings is 1. The maximum absolute atomic E-state index is 13.7. The first-order valence-corrected chi connectivity index (χ1v) is 10.1. The van der Waals surface area contributed by atoms with Crippen molar-refractivity contribution in [3.63, 3.8) is 0 Å². The summed E-state index contributed by atoms with van der Waals surface area (Å²) in [6.07, 6.45) is 2.46. The molecule has 0 radical (unpaired) electrons. The number of anilines is 1. The summed E-state index contributed by atoms with van der Waals surface area (Å²) in [6.45, 7) is 2.57. The first-order valence-electron chi connectivity index (χ1n) is 10.1. The number of nitrogens with one attached hydrogen (secondary N) is 1. The predicted molar refractivity (Wildman–Crippen MR) is 114 cm³/mol. The Morgan fingerprint density at radius 3 is 2.62 bits per heavy atom. The first-order chi connectivity index (χ1) is 15.4. The van der Waals surface area contributed by atoms with Crippen molar-refractivity contribution in [3.05, 3.63) is 94.8 Å². The second-order valence-electron chi connectivity index (χ2n) is 7.47. The van der Waals surface area contributed by atoms with E-state index in [1.165, 1.54) is 18.5 Å². The maximum atomic E-state index is 13.7. The van der Waals surface area contributed by atoms with Gasteiger partial charge in [0.1, 0.15) is 6.10 Å². The molecule has 1 aliphatic rings. The summed E-state index contributed by atoms with van der Waals surface area (Å²) in [5.74, 6) is -2.53. The van der Waals surface area contributed by atoms with Gasteiger partial charge in [-0.05, 0) is 48.4 Å². The lowest BCUT2D eigenvalue weighted by Gasteiger charge is -2.33. The maximum Gasteiger partial charge on any atom is 0.256 e. The molecule has 32 heavy (non-hydrogen) atoms. The second kappa shape index (κ2) is 9.23. The number of amides is 2. The van der Waals surface area contributed by atoms with Gasteiger partial charge < -0.3 is 15.0 Å². The Hall–Kier alpha value is -3.65.